The Hall–Kier alpha value is -1.41. The third-order valence-electron chi connectivity index (χ3n) is 2.51. The van der Waals surface area contributed by atoms with Crippen LogP contribution in [0.15, 0.2) is 15.9 Å². The average Bonchev–Trinajstić information content (AvgIpc) is 2.74. The second-order valence-electron chi connectivity index (χ2n) is 3.69. The van der Waals surface area contributed by atoms with E-state index < -0.39 is 17.9 Å². The van der Waals surface area contributed by atoms with E-state index in [2.05, 4.69) is 21.2 Å². The van der Waals surface area contributed by atoms with Gasteiger partial charge in [-0.2, -0.15) is 0 Å². The normalized spacial score (nSPS) is 19.5. The van der Waals surface area contributed by atoms with Crippen molar-refractivity contribution in [3.8, 4) is 0 Å². The number of nitrogens with one attached hydrogen (secondary N) is 1. The first kappa shape index (κ1) is 13.0. The van der Waals surface area contributed by atoms with Crippen LogP contribution in [0.4, 0.5) is 0 Å². The molecule has 2 rings (SSSR count). The van der Waals surface area contributed by atoms with Gasteiger partial charge in [-0.1, -0.05) is 0 Å². The molecule has 0 bridgehead atoms. The Kier molecular flexibility index (Phi) is 3.67. The maximum atomic E-state index is 12.1. The van der Waals surface area contributed by atoms with Gasteiger partial charge in [-0.15, -0.1) is 11.3 Å². The minimum atomic E-state index is -1.13. The standard InChI is InChI=1S/C10H9BrN2O4S/c11-7-2-1-6(18-7)9(15)13-4-8(14)12-3-5(13)10(16)17/h1-2,5H,3-4H2,(H,12,14)(H,16,17). The maximum Gasteiger partial charge on any atom is 0.328 e. The molecule has 2 N–H and O–H groups in total. The number of halogens is 1. The molecule has 96 valence electrons. The van der Waals surface area contributed by atoms with E-state index in [1.54, 1.807) is 12.1 Å². The van der Waals surface area contributed by atoms with Crippen molar-refractivity contribution in [2.75, 3.05) is 13.1 Å². The lowest BCUT2D eigenvalue weighted by Gasteiger charge is -2.32. The molecule has 0 radical (unpaired) electrons. The fraction of sp³-hybridized carbons (Fsp3) is 0.300. The number of hydrogen-bond acceptors (Lipinski definition) is 4. The second kappa shape index (κ2) is 5.07. The molecule has 1 saturated heterocycles. The van der Waals surface area contributed by atoms with E-state index in [9.17, 15) is 14.4 Å². The van der Waals surface area contributed by atoms with Gasteiger partial charge in [-0.3, -0.25) is 9.59 Å². The molecule has 0 saturated carbocycles. The highest BCUT2D eigenvalue weighted by atomic mass is 79.9. The summed E-state index contributed by atoms with van der Waals surface area (Å²) in [7, 11) is 0. The Balaban J connectivity index is 2.25. The average molecular weight is 333 g/mol. The molecule has 2 amide bonds. The zero-order chi connectivity index (χ0) is 13.3. The summed E-state index contributed by atoms with van der Waals surface area (Å²) in [6.07, 6.45) is 0. The van der Waals surface area contributed by atoms with Crippen LogP contribution in [0.2, 0.25) is 0 Å². The summed E-state index contributed by atoms with van der Waals surface area (Å²) in [6.45, 7) is -0.294. The zero-order valence-electron chi connectivity index (χ0n) is 9.05. The molecule has 8 heteroatoms. The molecular weight excluding hydrogens is 324 g/mol. The number of carboxylic acid groups (broad SMARTS) is 1. The number of rotatable bonds is 2. The van der Waals surface area contributed by atoms with E-state index in [0.29, 0.717) is 4.88 Å². The van der Waals surface area contributed by atoms with Crippen LogP contribution in [0.5, 0.6) is 0 Å². The topological polar surface area (TPSA) is 86.7 Å². The number of amides is 2. The first-order valence-electron chi connectivity index (χ1n) is 5.05. The lowest BCUT2D eigenvalue weighted by Crippen LogP contribution is -2.59. The second-order valence-corrected chi connectivity index (χ2v) is 6.16. The van der Waals surface area contributed by atoms with Crippen molar-refractivity contribution < 1.29 is 19.5 Å². The highest BCUT2D eigenvalue weighted by molar-refractivity contribution is 9.11. The summed E-state index contributed by atoms with van der Waals surface area (Å²) in [5.41, 5.74) is 0. The Morgan fingerprint density at radius 3 is 2.78 bits per heavy atom. The Morgan fingerprint density at radius 2 is 2.22 bits per heavy atom. The highest BCUT2D eigenvalue weighted by Crippen LogP contribution is 2.24. The van der Waals surface area contributed by atoms with Gasteiger partial charge in [-0.25, -0.2) is 4.79 Å². The lowest BCUT2D eigenvalue weighted by molar-refractivity contribution is -0.144. The van der Waals surface area contributed by atoms with Gasteiger partial charge in [0.15, 0.2) is 0 Å². The van der Waals surface area contributed by atoms with Gasteiger partial charge in [0.1, 0.15) is 12.6 Å². The van der Waals surface area contributed by atoms with E-state index in [1.807, 2.05) is 0 Å². The summed E-state index contributed by atoms with van der Waals surface area (Å²) in [5.74, 6) is -1.91. The van der Waals surface area contributed by atoms with E-state index in [-0.39, 0.29) is 19.0 Å². The van der Waals surface area contributed by atoms with Gasteiger partial charge in [0, 0.05) is 6.54 Å². The van der Waals surface area contributed by atoms with Crippen LogP contribution in [0.25, 0.3) is 0 Å². The maximum absolute atomic E-state index is 12.1. The van der Waals surface area contributed by atoms with E-state index in [0.717, 1.165) is 8.69 Å². The summed E-state index contributed by atoms with van der Waals surface area (Å²) < 4.78 is 0.777. The van der Waals surface area contributed by atoms with Crippen molar-refractivity contribution in [1.82, 2.24) is 10.2 Å². The van der Waals surface area contributed by atoms with Crippen molar-refractivity contribution >= 4 is 45.1 Å². The van der Waals surface area contributed by atoms with Crippen molar-refractivity contribution in [3.05, 3.63) is 20.8 Å². The third-order valence-corrected chi connectivity index (χ3v) is 4.12. The number of aliphatic carboxylic acids is 1. The summed E-state index contributed by atoms with van der Waals surface area (Å²) in [4.78, 5) is 36.0. The SMILES string of the molecule is O=C1CN(C(=O)c2ccc(Br)s2)C(C(=O)O)CN1. The third kappa shape index (κ3) is 2.54. The van der Waals surface area contributed by atoms with Crippen molar-refractivity contribution in [3.63, 3.8) is 0 Å². The number of nitrogens with zero attached hydrogens (tertiary/aromatic N) is 1. The molecule has 1 aromatic heterocycles. The van der Waals surface area contributed by atoms with Gasteiger partial charge in [0.05, 0.1) is 8.66 Å². The van der Waals surface area contributed by atoms with Crippen LogP contribution < -0.4 is 5.32 Å². The molecule has 1 aromatic rings. The van der Waals surface area contributed by atoms with Crippen LogP contribution in [0.3, 0.4) is 0 Å². The number of thiophene rings is 1. The smallest absolute Gasteiger partial charge is 0.328 e. The summed E-state index contributed by atoms with van der Waals surface area (Å²) in [6, 6.07) is 2.29. The number of carbonyl (C=O) groups is 3. The van der Waals surface area contributed by atoms with Gasteiger partial charge < -0.3 is 15.3 Å². The number of hydrogen-bond donors (Lipinski definition) is 2. The Morgan fingerprint density at radius 1 is 1.50 bits per heavy atom. The van der Waals surface area contributed by atoms with Gasteiger partial charge >= 0.3 is 5.97 Å². The molecule has 0 aliphatic carbocycles. The molecular formula is C10H9BrN2O4S. The minimum absolute atomic E-state index is 0.0630. The first-order valence-corrected chi connectivity index (χ1v) is 6.66. The molecule has 1 atom stereocenters. The molecule has 1 unspecified atom stereocenters. The van der Waals surface area contributed by atoms with E-state index >= 15 is 0 Å². The Bertz CT molecular complexity index is 516. The van der Waals surface area contributed by atoms with Crippen LogP contribution in [-0.4, -0.2) is 46.9 Å². The lowest BCUT2D eigenvalue weighted by atomic mass is 10.2. The first-order chi connectivity index (χ1) is 8.49. The quantitative estimate of drug-likeness (QED) is 0.827. The predicted molar refractivity (Wildman–Crippen MR) is 67.5 cm³/mol. The molecule has 6 nitrogen and oxygen atoms in total. The Labute approximate surface area is 115 Å². The molecule has 1 aliphatic rings. The predicted octanol–water partition coefficient (Wildman–Crippen LogP) is 0.536. The fourth-order valence-corrected chi connectivity index (χ4v) is 2.99. The number of carboxylic acids is 1. The molecule has 1 fully saturated rings. The molecule has 1 aliphatic heterocycles. The largest absolute Gasteiger partial charge is 0.480 e. The van der Waals surface area contributed by atoms with Crippen molar-refractivity contribution in [2.24, 2.45) is 0 Å². The van der Waals surface area contributed by atoms with Crippen LogP contribution in [0.1, 0.15) is 9.67 Å². The minimum Gasteiger partial charge on any atom is -0.480 e. The van der Waals surface area contributed by atoms with E-state index in [1.165, 1.54) is 11.3 Å². The molecule has 0 spiro atoms. The van der Waals surface area contributed by atoms with Crippen molar-refractivity contribution in [1.29, 1.82) is 0 Å². The molecule has 18 heavy (non-hydrogen) atoms. The van der Waals surface area contributed by atoms with Gasteiger partial charge in [0.2, 0.25) is 5.91 Å². The summed E-state index contributed by atoms with van der Waals surface area (Å²) in [5, 5.41) is 11.5. The van der Waals surface area contributed by atoms with Crippen LogP contribution in [-0.2, 0) is 9.59 Å². The summed E-state index contributed by atoms with van der Waals surface area (Å²) >= 11 is 4.44. The number of piperazine rings is 1. The molecule has 2 heterocycles. The zero-order valence-corrected chi connectivity index (χ0v) is 11.5. The van der Waals surface area contributed by atoms with Crippen LogP contribution in [0, 0.1) is 0 Å². The monoisotopic (exact) mass is 332 g/mol. The number of carbonyl (C=O) groups excluding carboxylic acids is 2. The highest BCUT2D eigenvalue weighted by Gasteiger charge is 2.35. The van der Waals surface area contributed by atoms with E-state index in [4.69, 9.17) is 5.11 Å². The molecule has 0 aromatic carbocycles. The van der Waals surface area contributed by atoms with Crippen molar-refractivity contribution in [2.45, 2.75) is 6.04 Å². The van der Waals surface area contributed by atoms with Gasteiger partial charge in [-0.05, 0) is 28.1 Å². The van der Waals surface area contributed by atoms with Crippen LogP contribution >= 0.6 is 27.3 Å². The van der Waals surface area contributed by atoms with Gasteiger partial charge in [0.25, 0.3) is 5.91 Å². The fourth-order valence-electron chi connectivity index (χ4n) is 1.65.